The maximum atomic E-state index is 13.1. The highest BCUT2D eigenvalue weighted by molar-refractivity contribution is 5.97. The van der Waals surface area contributed by atoms with Crippen molar-refractivity contribution in [3.05, 3.63) is 59.9 Å². The summed E-state index contributed by atoms with van der Waals surface area (Å²) in [5.74, 6) is -0.0846. The van der Waals surface area contributed by atoms with Gasteiger partial charge in [0.05, 0.1) is 19.8 Å². The predicted molar refractivity (Wildman–Crippen MR) is 91.9 cm³/mol. The molecule has 0 saturated carbocycles. The molecule has 1 aromatic heterocycles. The van der Waals surface area contributed by atoms with Crippen LogP contribution in [0.5, 0.6) is 0 Å². The molecular formula is C19H21N3O3. The van der Waals surface area contributed by atoms with E-state index in [-0.39, 0.29) is 11.8 Å². The Hall–Kier alpha value is -2.60. The zero-order chi connectivity index (χ0) is 17.2. The van der Waals surface area contributed by atoms with Crippen molar-refractivity contribution < 1.29 is 14.3 Å². The van der Waals surface area contributed by atoms with Crippen LogP contribution in [0.3, 0.4) is 0 Å². The molecule has 4 rings (SSSR count). The summed E-state index contributed by atoms with van der Waals surface area (Å²) in [4.78, 5) is 29.6. The third-order valence-corrected chi connectivity index (χ3v) is 4.86. The number of hydrogen-bond donors (Lipinski definition) is 0. The molecule has 0 N–H and O–H groups in total. The molecule has 1 atom stereocenters. The molecule has 0 bridgehead atoms. The Morgan fingerprint density at radius 1 is 1.08 bits per heavy atom. The third kappa shape index (κ3) is 3.05. The molecule has 2 aromatic rings. The van der Waals surface area contributed by atoms with Crippen LogP contribution in [0.25, 0.3) is 0 Å². The number of morpholine rings is 1. The van der Waals surface area contributed by atoms with Crippen molar-refractivity contribution in [2.45, 2.75) is 19.1 Å². The molecule has 1 aromatic carbocycles. The molecular weight excluding hydrogens is 318 g/mol. The molecule has 2 aliphatic rings. The second kappa shape index (κ2) is 6.72. The normalized spacial score (nSPS) is 20.5. The van der Waals surface area contributed by atoms with Crippen molar-refractivity contribution in [3.63, 3.8) is 0 Å². The number of rotatable bonds is 3. The minimum Gasteiger partial charge on any atom is -0.378 e. The summed E-state index contributed by atoms with van der Waals surface area (Å²) in [6.45, 7) is 3.21. The van der Waals surface area contributed by atoms with Gasteiger partial charge >= 0.3 is 0 Å². The Bertz CT molecular complexity index is 765. The monoisotopic (exact) mass is 339 g/mol. The van der Waals surface area contributed by atoms with Gasteiger partial charge in [0, 0.05) is 25.8 Å². The number of hydrogen-bond acceptors (Lipinski definition) is 3. The number of benzene rings is 1. The van der Waals surface area contributed by atoms with Gasteiger partial charge in [-0.3, -0.25) is 9.59 Å². The van der Waals surface area contributed by atoms with E-state index in [1.807, 2.05) is 58.1 Å². The van der Waals surface area contributed by atoms with Crippen LogP contribution in [0.15, 0.2) is 48.7 Å². The largest absolute Gasteiger partial charge is 0.378 e. The van der Waals surface area contributed by atoms with Gasteiger partial charge in [-0.15, -0.1) is 0 Å². The molecule has 0 spiro atoms. The molecule has 6 nitrogen and oxygen atoms in total. The summed E-state index contributed by atoms with van der Waals surface area (Å²) in [6, 6.07) is 13.0. The fraction of sp³-hybridized carbons (Fsp3) is 0.368. The number of fused-ring (bicyclic) bond motifs is 1. The SMILES string of the molecule is O=C(C1Cn2cccc2C(=O)N1Cc1ccccc1)N1CCOCC1. The van der Waals surface area contributed by atoms with Gasteiger partial charge in [0.25, 0.3) is 5.91 Å². The van der Waals surface area contributed by atoms with E-state index in [0.717, 1.165) is 5.56 Å². The highest BCUT2D eigenvalue weighted by Crippen LogP contribution is 2.22. The summed E-state index contributed by atoms with van der Waals surface area (Å²) in [5, 5.41) is 0. The third-order valence-electron chi connectivity index (χ3n) is 4.86. The summed E-state index contributed by atoms with van der Waals surface area (Å²) in [6.07, 6.45) is 1.87. The second-order valence-electron chi connectivity index (χ2n) is 6.42. The lowest BCUT2D eigenvalue weighted by Crippen LogP contribution is -2.57. The van der Waals surface area contributed by atoms with Gasteiger partial charge in [-0.05, 0) is 17.7 Å². The van der Waals surface area contributed by atoms with Gasteiger partial charge < -0.3 is 19.1 Å². The summed E-state index contributed by atoms with van der Waals surface area (Å²) < 4.78 is 7.23. The molecule has 6 heteroatoms. The van der Waals surface area contributed by atoms with E-state index in [1.54, 1.807) is 4.90 Å². The van der Waals surface area contributed by atoms with Crippen LogP contribution in [0, 0.1) is 0 Å². The number of amides is 2. The topological polar surface area (TPSA) is 54.8 Å². The van der Waals surface area contributed by atoms with Gasteiger partial charge in [0.1, 0.15) is 11.7 Å². The van der Waals surface area contributed by atoms with Gasteiger partial charge in [-0.25, -0.2) is 0 Å². The zero-order valence-corrected chi connectivity index (χ0v) is 14.0. The standard InChI is InChI=1S/C19H21N3O3/c23-18(20-9-11-25-12-10-20)17-14-21-8-4-7-16(21)19(24)22(17)13-15-5-2-1-3-6-15/h1-8,17H,9-14H2. The highest BCUT2D eigenvalue weighted by Gasteiger charge is 2.38. The van der Waals surface area contributed by atoms with Gasteiger partial charge in [0.15, 0.2) is 0 Å². The van der Waals surface area contributed by atoms with Crippen LogP contribution in [-0.4, -0.2) is 58.5 Å². The molecule has 130 valence electrons. The van der Waals surface area contributed by atoms with E-state index in [0.29, 0.717) is 45.1 Å². The lowest BCUT2D eigenvalue weighted by molar-refractivity contribution is -0.141. The summed E-state index contributed by atoms with van der Waals surface area (Å²) >= 11 is 0. The van der Waals surface area contributed by atoms with Gasteiger partial charge in [0.2, 0.25) is 5.91 Å². The van der Waals surface area contributed by atoms with Crippen LogP contribution >= 0.6 is 0 Å². The minimum absolute atomic E-state index is 0.00642. The minimum atomic E-state index is -0.481. The molecule has 2 aliphatic heterocycles. The Kier molecular flexibility index (Phi) is 4.28. The first-order valence-corrected chi connectivity index (χ1v) is 8.60. The first kappa shape index (κ1) is 15.9. The van der Waals surface area contributed by atoms with Crippen LogP contribution in [0.2, 0.25) is 0 Å². The van der Waals surface area contributed by atoms with Crippen molar-refractivity contribution in [1.29, 1.82) is 0 Å². The van der Waals surface area contributed by atoms with Crippen LogP contribution in [0.1, 0.15) is 16.1 Å². The van der Waals surface area contributed by atoms with Gasteiger partial charge in [-0.1, -0.05) is 30.3 Å². The predicted octanol–water partition coefficient (Wildman–Crippen LogP) is 1.37. The Labute approximate surface area is 146 Å². The van der Waals surface area contributed by atoms with E-state index < -0.39 is 6.04 Å². The second-order valence-corrected chi connectivity index (χ2v) is 6.42. The lowest BCUT2D eigenvalue weighted by Gasteiger charge is -2.39. The Morgan fingerprint density at radius 2 is 1.84 bits per heavy atom. The van der Waals surface area contributed by atoms with Crippen molar-refractivity contribution in [2.24, 2.45) is 0 Å². The Balaban J connectivity index is 1.64. The summed E-state index contributed by atoms with van der Waals surface area (Å²) in [5.41, 5.74) is 1.66. The maximum Gasteiger partial charge on any atom is 0.271 e. The fourth-order valence-corrected chi connectivity index (χ4v) is 3.51. The van der Waals surface area contributed by atoms with E-state index >= 15 is 0 Å². The van der Waals surface area contributed by atoms with Gasteiger partial charge in [-0.2, -0.15) is 0 Å². The molecule has 1 fully saturated rings. The molecule has 3 heterocycles. The van der Waals surface area contributed by atoms with Crippen LogP contribution in [-0.2, 0) is 22.6 Å². The molecule has 1 saturated heterocycles. The van der Waals surface area contributed by atoms with Crippen molar-refractivity contribution >= 4 is 11.8 Å². The number of nitrogens with zero attached hydrogens (tertiary/aromatic N) is 3. The molecule has 1 unspecified atom stereocenters. The van der Waals surface area contributed by atoms with E-state index in [9.17, 15) is 9.59 Å². The summed E-state index contributed by atoms with van der Waals surface area (Å²) in [7, 11) is 0. The quantitative estimate of drug-likeness (QED) is 0.849. The number of carbonyl (C=O) groups is 2. The molecule has 2 amide bonds. The first-order valence-electron chi connectivity index (χ1n) is 8.60. The maximum absolute atomic E-state index is 13.1. The average Bonchev–Trinajstić information content (AvgIpc) is 3.14. The lowest BCUT2D eigenvalue weighted by atomic mass is 10.1. The smallest absolute Gasteiger partial charge is 0.271 e. The van der Waals surface area contributed by atoms with Crippen molar-refractivity contribution in [1.82, 2.24) is 14.4 Å². The van der Waals surface area contributed by atoms with Crippen LogP contribution in [0.4, 0.5) is 0 Å². The van der Waals surface area contributed by atoms with Crippen LogP contribution < -0.4 is 0 Å². The zero-order valence-electron chi connectivity index (χ0n) is 14.0. The van der Waals surface area contributed by atoms with E-state index in [2.05, 4.69) is 0 Å². The van der Waals surface area contributed by atoms with Crippen molar-refractivity contribution in [3.8, 4) is 0 Å². The molecule has 0 aliphatic carbocycles. The number of carbonyl (C=O) groups excluding carboxylic acids is 2. The number of aromatic nitrogens is 1. The molecule has 0 radical (unpaired) electrons. The van der Waals surface area contributed by atoms with Crippen molar-refractivity contribution in [2.75, 3.05) is 26.3 Å². The van der Waals surface area contributed by atoms with E-state index in [4.69, 9.17) is 4.74 Å². The van der Waals surface area contributed by atoms with E-state index in [1.165, 1.54) is 0 Å². The molecule has 25 heavy (non-hydrogen) atoms. The number of ether oxygens (including phenoxy) is 1. The average molecular weight is 339 g/mol. The Morgan fingerprint density at radius 3 is 2.60 bits per heavy atom. The first-order chi connectivity index (χ1) is 12.2. The highest BCUT2D eigenvalue weighted by atomic mass is 16.5. The fourth-order valence-electron chi connectivity index (χ4n) is 3.51.